The second-order valence-electron chi connectivity index (χ2n) is 1.62. The lowest BCUT2D eigenvalue weighted by Crippen LogP contribution is -1.98. The monoisotopic (exact) mass is 179 g/mol. The summed E-state index contributed by atoms with van der Waals surface area (Å²) >= 11 is 1.07. The average Bonchev–Trinajstić information content (AvgIpc) is 2.11. The van der Waals surface area contributed by atoms with Crippen LogP contribution in [0.5, 0.6) is 0 Å². The lowest BCUT2D eigenvalue weighted by molar-refractivity contribution is 0.484. The van der Waals surface area contributed by atoms with Gasteiger partial charge in [0.05, 0.1) is 0 Å². The van der Waals surface area contributed by atoms with Gasteiger partial charge in [-0.1, -0.05) is 0 Å². The van der Waals surface area contributed by atoms with Gasteiger partial charge in [-0.3, -0.25) is 4.55 Å². The quantitative estimate of drug-likeness (QED) is 0.618. The van der Waals surface area contributed by atoms with Gasteiger partial charge in [-0.2, -0.15) is 8.42 Å². The van der Waals surface area contributed by atoms with Crippen LogP contribution in [0.15, 0.2) is 16.3 Å². The van der Waals surface area contributed by atoms with Gasteiger partial charge in [0, 0.05) is 0 Å². The molecule has 10 heavy (non-hydrogen) atoms. The Hall–Kier alpha value is -0.590. The summed E-state index contributed by atoms with van der Waals surface area (Å²) in [6, 6.07) is 1.26. The molecule has 0 spiro atoms. The highest BCUT2D eigenvalue weighted by atomic mass is 32.2. The van der Waals surface area contributed by atoms with Gasteiger partial charge < -0.3 is 5.73 Å². The zero-order chi connectivity index (χ0) is 7.78. The Morgan fingerprint density at radius 2 is 2.20 bits per heavy atom. The number of thiophene rings is 1. The van der Waals surface area contributed by atoms with Gasteiger partial charge in [-0.15, -0.1) is 11.3 Å². The third-order valence-electron chi connectivity index (χ3n) is 0.935. The van der Waals surface area contributed by atoms with Crippen molar-refractivity contribution in [1.82, 2.24) is 0 Å². The molecule has 1 rings (SSSR count). The fourth-order valence-electron chi connectivity index (χ4n) is 0.522. The molecule has 1 aromatic rings. The molecule has 3 N–H and O–H groups in total. The van der Waals surface area contributed by atoms with Crippen LogP contribution in [-0.2, 0) is 10.1 Å². The summed E-state index contributed by atoms with van der Waals surface area (Å²) < 4.78 is 29.3. The van der Waals surface area contributed by atoms with E-state index in [4.69, 9.17) is 10.3 Å². The number of anilines is 1. The summed E-state index contributed by atoms with van der Waals surface area (Å²) in [6.07, 6.45) is 0. The van der Waals surface area contributed by atoms with Crippen LogP contribution in [0.4, 0.5) is 5.00 Å². The smallest absolute Gasteiger partial charge is 0.297 e. The van der Waals surface area contributed by atoms with E-state index in [1.165, 1.54) is 11.4 Å². The van der Waals surface area contributed by atoms with Gasteiger partial charge >= 0.3 is 0 Å². The van der Waals surface area contributed by atoms with Crippen LogP contribution in [0.2, 0.25) is 0 Å². The fourth-order valence-corrected chi connectivity index (χ4v) is 2.10. The van der Waals surface area contributed by atoms with Crippen molar-refractivity contribution >= 4 is 26.5 Å². The molecule has 0 aliphatic rings. The molecule has 0 bridgehead atoms. The van der Waals surface area contributed by atoms with Crippen LogP contribution in [0.25, 0.3) is 0 Å². The molecule has 56 valence electrons. The lowest BCUT2D eigenvalue weighted by atomic mass is 10.6. The summed E-state index contributed by atoms with van der Waals surface area (Å²) in [7, 11) is -4.10. The maximum Gasteiger partial charge on any atom is 0.297 e. The van der Waals surface area contributed by atoms with Gasteiger partial charge in [0.25, 0.3) is 10.1 Å². The maximum atomic E-state index is 10.4. The number of nitrogen functional groups attached to an aromatic ring is 1. The summed E-state index contributed by atoms with van der Waals surface area (Å²) in [5.74, 6) is 0. The normalized spacial score (nSPS) is 11.7. The molecule has 1 heterocycles. The molecule has 0 saturated heterocycles. The van der Waals surface area contributed by atoms with Crippen molar-refractivity contribution in [2.24, 2.45) is 0 Å². The third-order valence-corrected chi connectivity index (χ3v) is 2.72. The Morgan fingerprint density at radius 3 is 2.40 bits per heavy atom. The Bertz CT molecular complexity index is 326. The molecule has 0 unspecified atom stereocenters. The molecule has 0 aliphatic carbocycles. The SMILES string of the molecule is Nc1sccc1S(=O)(=O)O. The molecular formula is C4H5NO3S2. The minimum absolute atomic E-state index is 0.113. The molecule has 0 amide bonds. The topological polar surface area (TPSA) is 80.4 Å². The van der Waals surface area contributed by atoms with E-state index in [2.05, 4.69) is 0 Å². The van der Waals surface area contributed by atoms with Crippen molar-refractivity contribution in [3.63, 3.8) is 0 Å². The van der Waals surface area contributed by atoms with Crippen LogP contribution in [-0.4, -0.2) is 13.0 Å². The van der Waals surface area contributed by atoms with Crippen LogP contribution < -0.4 is 5.73 Å². The molecule has 0 atom stereocenters. The molecule has 1 aromatic heterocycles. The van der Waals surface area contributed by atoms with Crippen LogP contribution in [0.3, 0.4) is 0 Å². The first-order valence-corrected chi connectivity index (χ1v) is 4.64. The Balaban J connectivity index is 3.32. The van der Waals surface area contributed by atoms with E-state index < -0.39 is 10.1 Å². The van der Waals surface area contributed by atoms with Gasteiger partial charge in [-0.05, 0) is 11.4 Å². The Labute approximate surface area is 62.0 Å². The van der Waals surface area contributed by atoms with Crippen molar-refractivity contribution in [1.29, 1.82) is 0 Å². The molecule has 0 fully saturated rings. The number of nitrogens with two attached hydrogens (primary N) is 1. The van der Waals surface area contributed by atoms with Gasteiger partial charge in [0.1, 0.15) is 9.90 Å². The Kier molecular flexibility index (Phi) is 1.67. The summed E-state index contributed by atoms with van der Waals surface area (Å²) in [5.41, 5.74) is 5.21. The molecule has 0 aromatic carbocycles. The largest absolute Gasteiger partial charge is 0.389 e. The van der Waals surface area contributed by atoms with Crippen molar-refractivity contribution < 1.29 is 13.0 Å². The molecule has 0 aliphatic heterocycles. The van der Waals surface area contributed by atoms with Crippen LogP contribution in [0.1, 0.15) is 0 Å². The molecular weight excluding hydrogens is 174 g/mol. The lowest BCUT2D eigenvalue weighted by Gasteiger charge is -1.90. The van der Waals surface area contributed by atoms with E-state index in [1.807, 2.05) is 0 Å². The van der Waals surface area contributed by atoms with E-state index in [-0.39, 0.29) is 9.90 Å². The second kappa shape index (κ2) is 2.22. The predicted molar refractivity (Wildman–Crippen MR) is 38.5 cm³/mol. The van der Waals surface area contributed by atoms with E-state index in [9.17, 15) is 8.42 Å². The minimum Gasteiger partial charge on any atom is -0.389 e. The zero-order valence-corrected chi connectivity index (χ0v) is 6.45. The fraction of sp³-hybridized carbons (Fsp3) is 0. The maximum absolute atomic E-state index is 10.4. The number of hydrogen-bond donors (Lipinski definition) is 2. The van der Waals surface area contributed by atoms with E-state index in [1.54, 1.807) is 0 Å². The van der Waals surface area contributed by atoms with Gasteiger partial charge in [0.2, 0.25) is 0 Å². The zero-order valence-electron chi connectivity index (χ0n) is 4.81. The molecule has 4 nitrogen and oxygen atoms in total. The highest BCUT2D eigenvalue weighted by molar-refractivity contribution is 7.86. The summed E-state index contributed by atoms with van der Waals surface area (Å²) in [6.45, 7) is 0. The predicted octanol–water partition coefficient (Wildman–Crippen LogP) is 0.577. The van der Waals surface area contributed by atoms with Crippen molar-refractivity contribution in [3.8, 4) is 0 Å². The van der Waals surface area contributed by atoms with E-state index >= 15 is 0 Å². The van der Waals surface area contributed by atoms with Crippen molar-refractivity contribution in [2.75, 3.05) is 5.73 Å². The van der Waals surface area contributed by atoms with Crippen LogP contribution in [0, 0.1) is 0 Å². The summed E-state index contributed by atoms with van der Waals surface area (Å²) in [5, 5.41) is 1.61. The first kappa shape index (κ1) is 7.52. The third kappa shape index (κ3) is 1.28. The molecule has 0 radical (unpaired) electrons. The van der Waals surface area contributed by atoms with Gasteiger partial charge in [-0.25, -0.2) is 0 Å². The Morgan fingerprint density at radius 1 is 1.60 bits per heavy atom. The van der Waals surface area contributed by atoms with Gasteiger partial charge in [0.15, 0.2) is 0 Å². The van der Waals surface area contributed by atoms with E-state index in [0.29, 0.717) is 0 Å². The van der Waals surface area contributed by atoms with Crippen molar-refractivity contribution in [3.05, 3.63) is 11.4 Å². The standard InChI is InChI=1S/C4H5NO3S2/c5-4-3(1-2-9-4)10(6,7)8/h1-2H,5H2,(H,6,7,8). The second-order valence-corrected chi connectivity index (χ2v) is 3.96. The first-order chi connectivity index (χ1) is 4.52. The first-order valence-electron chi connectivity index (χ1n) is 2.32. The van der Waals surface area contributed by atoms with Crippen LogP contribution >= 0.6 is 11.3 Å². The minimum atomic E-state index is -4.10. The van der Waals surface area contributed by atoms with Crippen molar-refractivity contribution in [2.45, 2.75) is 4.90 Å². The van der Waals surface area contributed by atoms with E-state index in [0.717, 1.165) is 11.3 Å². The highest BCUT2D eigenvalue weighted by Gasteiger charge is 2.13. The summed E-state index contributed by atoms with van der Waals surface area (Å²) in [4.78, 5) is -0.211. The number of hydrogen-bond acceptors (Lipinski definition) is 4. The highest BCUT2D eigenvalue weighted by Crippen LogP contribution is 2.23. The number of rotatable bonds is 1. The molecule has 0 saturated carbocycles. The average molecular weight is 179 g/mol. The molecule has 6 heteroatoms.